The van der Waals surface area contributed by atoms with E-state index in [1.54, 1.807) is 25.8 Å². The fourth-order valence-corrected chi connectivity index (χ4v) is 3.21. The Balaban J connectivity index is 0.00000306. The number of pyridine rings is 1. The van der Waals surface area contributed by atoms with E-state index in [9.17, 15) is 0 Å². The zero-order valence-corrected chi connectivity index (χ0v) is 20.9. The number of para-hydroxylation sites is 1. The summed E-state index contributed by atoms with van der Waals surface area (Å²) in [6.07, 6.45) is 7.13. The van der Waals surface area contributed by atoms with Crippen molar-refractivity contribution in [3.63, 3.8) is 0 Å². The van der Waals surface area contributed by atoms with Crippen LogP contribution in [0.15, 0.2) is 90.6 Å². The molecule has 4 aromatic rings. The van der Waals surface area contributed by atoms with Gasteiger partial charge in [-0.15, -0.1) is 24.0 Å². The molecule has 0 aliphatic rings. The molecule has 0 radical (unpaired) electrons. The van der Waals surface area contributed by atoms with Gasteiger partial charge in [0.2, 0.25) is 0 Å². The third-order valence-electron chi connectivity index (χ3n) is 4.90. The van der Waals surface area contributed by atoms with Crippen molar-refractivity contribution >= 4 is 29.9 Å². The average molecular weight is 554 g/mol. The van der Waals surface area contributed by atoms with Gasteiger partial charge in [0.05, 0.1) is 0 Å². The van der Waals surface area contributed by atoms with Crippen molar-refractivity contribution in [2.24, 2.45) is 4.99 Å². The van der Waals surface area contributed by atoms with Crippen molar-refractivity contribution < 1.29 is 4.74 Å². The van der Waals surface area contributed by atoms with E-state index in [1.165, 1.54) is 0 Å². The number of nitrogens with zero attached hydrogens (tertiary/aromatic N) is 4. The molecule has 0 aliphatic heterocycles. The molecule has 0 unspecified atom stereocenters. The third kappa shape index (κ3) is 6.79. The number of guanidine groups is 1. The van der Waals surface area contributed by atoms with Crippen LogP contribution in [-0.4, -0.2) is 27.5 Å². The summed E-state index contributed by atoms with van der Waals surface area (Å²) in [6.45, 7) is 3.26. The number of aromatic nitrogens is 3. The molecular formula is C25H27IN6O. The van der Waals surface area contributed by atoms with Gasteiger partial charge >= 0.3 is 0 Å². The van der Waals surface area contributed by atoms with Crippen LogP contribution in [-0.2, 0) is 13.1 Å². The summed E-state index contributed by atoms with van der Waals surface area (Å²) in [6, 6.07) is 20.0. The van der Waals surface area contributed by atoms with E-state index in [1.807, 2.05) is 53.2 Å². The van der Waals surface area contributed by atoms with Crippen molar-refractivity contribution in [3.05, 3.63) is 102 Å². The largest absolute Gasteiger partial charge is 0.457 e. The summed E-state index contributed by atoms with van der Waals surface area (Å²) in [5.74, 6) is 3.18. The van der Waals surface area contributed by atoms with Gasteiger partial charge in [-0.05, 0) is 48.4 Å². The van der Waals surface area contributed by atoms with Gasteiger partial charge in [-0.3, -0.25) is 9.56 Å². The summed E-state index contributed by atoms with van der Waals surface area (Å²) >= 11 is 0. The molecule has 4 rings (SSSR count). The summed E-state index contributed by atoms with van der Waals surface area (Å²) in [4.78, 5) is 12.8. The Bertz CT molecular complexity index is 1180. The molecule has 0 amide bonds. The number of imidazole rings is 1. The van der Waals surface area contributed by atoms with Crippen LogP contribution in [0.25, 0.3) is 5.82 Å². The van der Waals surface area contributed by atoms with Gasteiger partial charge in [0.15, 0.2) is 5.96 Å². The van der Waals surface area contributed by atoms with E-state index >= 15 is 0 Å². The Kier molecular flexibility index (Phi) is 8.82. The molecule has 0 spiro atoms. The van der Waals surface area contributed by atoms with Crippen LogP contribution < -0.4 is 15.4 Å². The van der Waals surface area contributed by atoms with Crippen LogP contribution in [0.5, 0.6) is 11.5 Å². The number of rotatable bonds is 7. The number of halogens is 1. The maximum Gasteiger partial charge on any atom is 0.191 e. The van der Waals surface area contributed by atoms with Gasteiger partial charge in [0.25, 0.3) is 0 Å². The van der Waals surface area contributed by atoms with Gasteiger partial charge in [0, 0.05) is 44.3 Å². The van der Waals surface area contributed by atoms with Crippen LogP contribution in [0.3, 0.4) is 0 Å². The van der Waals surface area contributed by atoms with Crippen molar-refractivity contribution in [1.82, 2.24) is 25.2 Å². The number of aryl methyl sites for hydroxylation is 1. The Morgan fingerprint density at radius 2 is 1.82 bits per heavy atom. The normalized spacial score (nSPS) is 10.9. The Labute approximate surface area is 211 Å². The van der Waals surface area contributed by atoms with E-state index in [0.717, 1.165) is 34.0 Å². The lowest BCUT2D eigenvalue weighted by Crippen LogP contribution is -2.36. The summed E-state index contributed by atoms with van der Waals surface area (Å²) in [5.41, 5.74) is 3.29. The van der Waals surface area contributed by atoms with Crippen molar-refractivity contribution in [2.45, 2.75) is 20.0 Å². The third-order valence-corrected chi connectivity index (χ3v) is 4.90. The summed E-state index contributed by atoms with van der Waals surface area (Å²) in [5, 5.41) is 6.73. The molecule has 8 heteroatoms. The average Bonchev–Trinajstić information content (AvgIpc) is 3.36. The lowest BCUT2D eigenvalue weighted by molar-refractivity contribution is 0.474. The molecule has 2 N–H and O–H groups in total. The molecule has 0 fully saturated rings. The topological polar surface area (TPSA) is 76.4 Å². The highest BCUT2D eigenvalue weighted by molar-refractivity contribution is 14.0. The highest BCUT2D eigenvalue weighted by Crippen LogP contribution is 2.26. The summed E-state index contributed by atoms with van der Waals surface area (Å²) < 4.78 is 8.00. The number of aliphatic imine (C=N–C) groups is 1. The van der Waals surface area contributed by atoms with Crippen LogP contribution in [0.2, 0.25) is 0 Å². The van der Waals surface area contributed by atoms with Crippen molar-refractivity contribution in [1.29, 1.82) is 0 Å². The van der Waals surface area contributed by atoms with Crippen LogP contribution in [0.1, 0.15) is 16.7 Å². The molecule has 0 atom stereocenters. The van der Waals surface area contributed by atoms with Crippen molar-refractivity contribution in [2.75, 3.05) is 7.05 Å². The lowest BCUT2D eigenvalue weighted by Gasteiger charge is -2.15. The number of ether oxygens (including phenoxy) is 1. The first-order chi connectivity index (χ1) is 15.7. The van der Waals surface area contributed by atoms with Gasteiger partial charge in [-0.25, -0.2) is 9.97 Å². The molecule has 7 nitrogen and oxygen atoms in total. The minimum absolute atomic E-state index is 0. The van der Waals surface area contributed by atoms with Crippen LogP contribution in [0.4, 0.5) is 0 Å². The molecular weight excluding hydrogens is 527 g/mol. The second-order valence-electron chi connectivity index (χ2n) is 7.30. The first-order valence-corrected chi connectivity index (χ1v) is 10.4. The van der Waals surface area contributed by atoms with Crippen LogP contribution >= 0.6 is 24.0 Å². The summed E-state index contributed by atoms with van der Waals surface area (Å²) in [7, 11) is 1.76. The fraction of sp³-hybridized carbons (Fsp3) is 0.160. The van der Waals surface area contributed by atoms with Crippen molar-refractivity contribution in [3.8, 4) is 17.3 Å². The Morgan fingerprint density at radius 1 is 1.00 bits per heavy atom. The first kappa shape index (κ1) is 24.2. The predicted molar refractivity (Wildman–Crippen MR) is 142 cm³/mol. The fourth-order valence-electron chi connectivity index (χ4n) is 3.21. The van der Waals surface area contributed by atoms with E-state index in [2.05, 4.69) is 50.7 Å². The molecule has 0 saturated heterocycles. The minimum atomic E-state index is 0. The molecule has 0 aliphatic carbocycles. The maximum atomic E-state index is 6.12. The SMILES string of the molecule is CN=C(NCc1ccnc(-n2ccnc2)c1)NCc1ccc(C)cc1Oc1ccccc1.I. The van der Waals surface area contributed by atoms with Gasteiger partial charge in [0.1, 0.15) is 23.6 Å². The van der Waals surface area contributed by atoms with Gasteiger partial charge in [-0.2, -0.15) is 0 Å². The molecule has 33 heavy (non-hydrogen) atoms. The standard InChI is InChI=1S/C25H26N6O.HI/c1-19-8-9-21(23(14-19)32-22-6-4-3-5-7-22)17-30-25(26-2)29-16-20-10-11-28-24(15-20)31-13-12-27-18-31;/h3-15,18H,16-17H2,1-2H3,(H2,26,29,30);1H. The highest BCUT2D eigenvalue weighted by Gasteiger charge is 2.08. The van der Waals surface area contributed by atoms with E-state index < -0.39 is 0 Å². The second kappa shape index (κ2) is 12.0. The zero-order valence-electron chi connectivity index (χ0n) is 18.6. The number of hydrogen-bond acceptors (Lipinski definition) is 4. The Morgan fingerprint density at radius 3 is 2.58 bits per heavy atom. The number of benzene rings is 2. The molecule has 2 aromatic heterocycles. The molecule has 0 saturated carbocycles. The van der Waals surface area contributed by atoms with E-state index in [-0.39, 0.29) is 24.0 Å². The van der Waals surface area contributed by atoms with Gasteiger partial charge in [-0.1, -0.05) is 30.3 Å². The quantitative estimate of drug-likeness (QED) is 0.194. The molecule has 2 heterocycles. The highest BCUT2D eigenvalue weighted by atomic mass is 127. The lowest BCUT2D eigenvalue weighted by atomic mass is 10.1. The Hall–Kier alpha value is -3.40. The van der Waals surface area contributed by atoms with E-state index in [0.29, 0.717) is 19.0 Å². The number of nitrogens with one attached hydrogen (secondary N) is 2. The second-order valence-corrected chi connectivity index (χ2v) is 7.30. The van der Waals surface area contributed by atoms with E-state index in [4.69, 9.17) is 4.74 Å². The molecule has 170 valence electrons. The van der Waals surface area contributed by atoms with Crippen LogP contribution in [0, 0.1) is 6.92 Å². The molecule has 2 aromatic carbocycles. The smallest absolute Gasteiger partial charge is 0.191 e. The first-order valence-electron chi connectivity index (χ1n) is 10.4. The zero-order chi connectivity index (χ0) is 22.2. The maximum absolute atomic E-state index is 6.12. The predicted octanol–water partition coefficient (Wildman–Crippen LogP) is 4.85. The van der Waals surface area contributed by atoms with Gasteiger partial charge < -0.3 is 15.4 Å². The monoisotopic (exact) mass is 554 g/mol. The minimum Gasteiger partial charge on any atom is -0.457 e. The number of hydrogen-bond donors (Lipinski definition) is 2. The molecule has 0 bridgehead atoms.